The topological polar surface area (TPSA) is 34.1 Å². The molecule has 1 aromatic heterocycles. The van der Waals surface area contributed by atoms with E-state index in [1.165, 1.54) is 5.56 Å². The fraction of sp³-hybridized carbons (Fsp3) is 0.615. The number of nitrogens with one attached hydrogen (secondary N) is 1. The largest absolute Gasteiger partial charge is 0.378 e. The van der Waals surface area contributed by atoms with Crippen LogP contribution in [-0.2, 0) is 4.74 Å². The first-order valence-electron chi connectivity index (χ1n) is 6.07. The van der Waals surface area contributed by atoms with Crippen molar-refractivity contribution in [1.82, 2.24) is 10.3 Å². The highest BCUT2D eigenvalue weighted by atomic mass is 16.5. The van der Waals surface area contributed by atoms with E-state index in [4.69, 9.17) is 4.74 Å². The van der Waals surface area contributed by atoms with E-state index in [1.54, 1.807) is 0 Å². The lowest BCUT2D eigenvalue weighted by Crippen LogP contribution is -2.46. The molecule has 1 saturated carbocycles. The van der Waals surface area contributed by atoms with E-state index in [1.807, 2.05) is 18.5 Å². The minimum atomic E-state index is 0.376. The zero-order valence-electron chi connectivity index (χ0n) is 10.0. The average molecular weight is 220 g/mol. The van der Waals surface area contributed by atoms with Crippen molar-refractivity contribution in [1.29, 1.82) is 0 Å². The van der Waals surface area contributed by atoms with Crippen molar-refractivity contribution in [3.63, 3.8) is 0 Å². The Morgan fingerprint density at radius 2 is 2.38 bits per heavy atom. The summed E-state index contributed by atoms with van der Waals surface area (Å²) in [6.07, 6.45) is 6.49. The monoisotopic (exact) mass is 220 g/mol. The summed E-state index contributed by atoms with van der Waals surface area (Å²) in [6, 6.07) is 5.08. The summed E-state index contributed by atoms with van der Waals surface area (Å²) in [5, 5.41) is 3.60. The Morgan fingerprint density at radius 1 is 1.56 bits per heavy atom. The number of pyridine rings is 1. The lowest BCUT2D eigenvalue weighted by molar-refractivity contribution is -0.0120. The van der Waals surface area contributed by atoms with Crippen LogP contribution in [0.4, 0.5) is 0 Å². The van der Waals surface area contributed by atoms with E-state index >= 15 is 0 Å². The second-order valence-electron chi connectivity index (χ2n) is 4.42. The molecular weight excluding hydrogens is 200 g/mol. The van der Waals surface area contributed by atoms with Crippen molar-refractivity contribution in [2.24, 2.45) is 0 Å². The third-order valence-electron chi connectivity index (χ3n) is 3.17. The molecule has 1 aromatic rings. The molecule has 1 aliphatic carbocycles. The van der Waals surface area contributed by atoms with Crippen LogP contribution in [0.15, 0.2) is 24.5 Å². The Balaban J connectivity index is 1.75. The first kappa shape index (κ1) is 11.6. The molecule has 0 amide bonds. The minimum absolute atomic E-state index is 0.376. The number of rotatable bonds is 5. The summed E-state index contributed by atoms with van der Waals surface area (Å²) in [4.78, 5) is 4.14. The highest BCUT2D eigenvalue weighted by molar-refractivity contribution is 5.13. The van der Waals surface area contributed by atoms with Crippen LogP contribution >= 0.6 is 0 Å². The standard InChI is InChI=1S/C13H20N2O/c1-3-16-13-7-12(8-13)15-10(2)11-5-4-6-14-9-11/h4-6,9-10,12-13,15H,3,7-8H2,1-2H3/t10-,12?,13?/m1/s1. The summed E-state index contributed by atoms with van der Waals surface area (Å²) in [5.74, 6) is 0. The molecule has 1 atom stereocenters. The third-order valence-corrected chi connectivity index (χ3v) is 3.17. The molecule has 88 valence electrons. The van der Waals surface area contributed by atoms with Gasteiger partial charge in [0.2, 0.25) is 0 Å². The highest BCUT2D eigenvalue weighted by Gasteiger charge is 2.30. The van der Waals surface area contributed by atoms with Crippen LogP contribution in [0.2, 0.25) is 0 Å². The second kappa shape index (κ2) is 5.41. The summed E-state index contributed by atoms with van der Waals surface area (Å²) in [5.41, 5.74) is 1.25. The van der Waals surface area contributed by atoms with Crippen molar-refractivity contribution in [2.75, 3.05) is 6.61 Å². The van der Waals surface area contributed by atoms with Crippen molar-refractivity contribution >= 4 is 0 Å². The van der Waals surface area contributed by atoms with Crippen molar-refractivity contribution in [3.05, 3.63) is 30.1 Å². The Labute approximate surface area is 97.2 Å². The van der Waals surface area contributed by atoms with Gasteiger partial charge in [-0.15, -0.1) is 0 Å². The summed E-state index contributed by atoms with van der Waals surface area (Å²) in [7, 11) is 0. The summed E-state index contributed by atoms with van der Waals surface area (Å²) >= 11 is 0. The van der Waals surface area contributed by atoms with E-state index in [2.05, 4.69) is 30.2 Å². The fourth-order valence-corrected chi connectivity index (χ4v) is 2.16. The van der Waals surface area contributed by atoms with Crippen LogP contribution in [-0.4, -0.2) is 23.7 Å². The molecular formula is C13H20N2O. The number of ether oxygens (including phenoxy) is 1. The van der Waals surface area contributed by atoms with Gasteiger partial charge in [-0.05, 0) is 38.3 Å². The maximum absolute atomic E-state index is 5.54. The van der Waals surface area contributed by atoms with Crippen LogP contribution in [0.5, 0.6) is 0 Å². The van der Waals surface area contributed by atoms with Crippen LogP contribution < -0.4 is 5.32 Å². The molecule has 0 saturated heterocycles. The molecule has 3 nitrogen and oxygen atoms in total. The van der Waals surface area contributed by atoms with Crippen LogP contribution in [0.1, 0.15) is 38.3 Å². The first-order valence-corrected chi connectivity index (χ1v) is 6.07. The number of nitrogens with zero attached hydrogens (tertiary/aromatic N) is 1. The van der Waals surface area contributed by atoms with E-state index < -0.39 is 0 Å². The molecule has 1 aliphatic rings. The number of hydrogen-bond donors (Lipinski definition) is 1. The molecule has 0 aliphatic heterocycles. The van der Waals surface area contributed by atoms with Gasteiger partial charge in [-0.2, -0.15) is 0 Å². The zero-order valence-corrected chi connectivity index (χ0v) is 10.0. The molecule has 0 aromatic carbocycles. The molecule has 0 radical (unpaired) electrons. The molecule has 3 heteroatoms. The average Bonchev–Trinajstić information content (AvgIpc) is 2.27. The maximum Gasteiger partial charge on any atom is 0.0604 e. The molecule has 0 bridgehead atoms. The van der Waals surface area contributed by atoms with Gasteiger partial charge in [0.1, 0.15) is 0 Å². The number of hydrogen-bond acceptors (Lipinski definition) is 3. The molecule has 0 unspecified atom stereocenters. The quantitative estimate of drug-likeness (QED) is 0.826. The third kappa shape index (κ3) is 2.80. The van der Waals surface area contributed by atoms with E-state index in [0.717, 1.165) is 19.4 Å². The van der Waals surface area contributed by atoms with Gasteiger partial charge >= 0.3 is 0 Å². The smallest absolute Gasteiger partial charge is 0.0604 e. The van der Waals surface area contributed by atoms with E-state index in [-0.39, 0.29) is 0 Å². The van der Waals surface area contributed by atoms with Gasteiger partial charge in [0.05, 0.1) is 6.10 Å². The van der Waals surface area contributed by atoms with Gasteiger partial charge in [-0.1, -0.05) is 6.07 Å². The zero-order chi connectivity index (χ0) is 11.4. The molecule has 1 heterocycles. The summed E-state index contributed by atoms with van der Waals surface area (Å²) < 4.78 is 5.54. The van der Waals surface area contributed by atoms with Crippen LogP contribution in [0.3, 0.4) is 0 Å². The Kier molecular flexibility index (Phi) is 3.91. The first-order chi connectivity index (χ1) is 7.79. The second-order valence-corrected chi connectivity index (χ2v) is 4.42. The van der Waals surface area contributed by atoms with E-state index in [9.17, 15) is 0 Å². The Hall–Kier alpha value is -0.930. The van der Waals surface area contributed by atoms with Crippen molar-refractivity contribution < 1.29 is 4.74 Å². The van der Waals surface area contributed by atoms with Gasteiger partial charge in [-0.25, -0.2) is 0 Å². The fourth-order valence-electron chi connectivity index (χ4n) is 2.16. The summed E-state index contributed by atoms with van der Waals surface area (Å²) in [6.45, 7) is 5.07. The Morgan fingerprint density at radius 3 is 3.00 bits per heavy atom. The minimum Gasteiger partial charge on any atom is -0.378 e. The molecule has 1 N–H and O–H groups in total. The van der Waals surface area contributed by atoms with Gasteiger partial charge in [0, 0.05) is 31.1 Å². The lowest BCUT2D eigenvalue weighted by Gasteiger charge is -2.37. The molecule has 0 spiro atoms. The predicted molar refractivity (Wildman–Crippen MR) is 64.2 cm³/mol. The Bertz CT molecular complexity index is 309. The lowest BCUT2D eigenvalue weighted by atomic mass is 9.88. The molecule has 1 fully saturated rings. The van der Waals surface area contributed by atoms with Crippen molar-refractivity contribution in [2.45, 2.75) is 44.9 Å². The van der Waals surface area contributed by atoms with Crippen molar-refractivity contribution in [3.8, 4) is 0 Å². The predicted octanol–water partition coefficient (Wildman–Crippen LogP) is 2.30. The van der Waals surface area contributed by atoms with Gasteiger partial charge in [0.25, 0.3) is 0 Å². The SMILES string of the molecule is CCOC1CC(N[C@H](C)c2cccnc2)C1. The normalized spacial score (nSPS) is 26.1. The number of aromatic nitrogens is 1. The van der Waals surface area contributed by atoms with Gasteiger partial charge in [0.15, 0.2) is 0 Å². The maximum atomic E-state index is 5.54. The van der Waals surface area contributed by atoms with Gasteiger partial charge < -0.3 is 10.1 Å². The van der Waals surface area contributed by atoms with Crippen LogP contribution in [0.25, 0.3) is 0 Å². The highest BCUT2D eigenvalue weighted by Crippen LogP contribution is 2.25. The molecule has 2 rings (SSSR count). The van der Waals surface area contributed by atoms with Gasteiger partial charge in [-0.3, -0.25) is 4.98 Å². The van der Waals surface area contributed by atoms with Crippen LogP contribution in [0, 0.1) is 0 Å². The van der Waals surface area contributed by atoms with E-state index in [0.29, 0.717) is 18.2 Å². The molecule has 16 heavy (non-hydrogen) atoms.